The van der Waals surface area contributed by atoms with Gasteiger partial charge >= 0.3 is 0 Å². The van der Waals surface area contributed by atoms with Crippen LogP contribution in [0.1, 0.15) is 31.7 Å². The molecule has 1 fully saturated rings. The van der Waals surface area contributed by atoms with E-state index in [2.05, 4.69) is 5.32 Å². The Balaban J connectivity index is 1.71. The fourth-order valence-electron chi connectivity index (χ4n) is 2.88. The number of carbonyl (C=O) groups is 1. The van der Waals surface area contributed by atoms with Crippen LogP contribution < -0.4 is 10.1 Å². The molecule has 6 heteroatoms. The lowest BCUT2D eigenvalue weighted by molar-refractivity contribution is -0.122. The lowest BCUT2D eigenvalue weighted by Crippen LogP contribution is -2.34. The van der Waals surface area contributed by atoms with Crippen molar-refractivity contribution in [3.05, 3.63) is 29.8 Å². The zero-order valence-corrected chi connectivity index (χ0v) is 14.6. The Morgan fingerprint density at radius 2 is 2.04 bits per heavy atom. The minimum atomic E-state index is -2.91. The third-order valence-electron chi connectivity index (χ3n) is 4.23. The van der Waals surface area contributed by atoms with Crippen molar-refractivity contribution in [1.29, 1.82) is 0 Å². The van der Waals surface area contributed by atoms with Crippen LogP contribution in [-0.4, -0.2) is 39.0 Å². The first-order valence-corrected chi connectivity index (χ1v) is 9.83. The normalized spacial score (nSPS) is 20.9. The summed E-state index contributed by atoms with van der Waals surface area (Å²) in [5.74, 6) is 1.14. The third-order valence-corrected chi connectivity index (χ3v) is 6.07. The molecule has 0 aromatic heterocycles. The van der Waals surface area contributed by atoms with Gasteiger partial charge in [0.2, 0.25) is 5.91 Å². The lowest BCUT2D eigenvalue weighted by atomic mass is 10.0. The Morgan fingerprint density at radius 1 is 1.35 bits per heavy atom. The number of amides is 1. The van der Waals surface area contributed by atoms with Crippen LogP contribution in [0, 0.1) is 5.92 Å². The molecule has 5 nitrogen and oxygen atoms in total. The number of hydrogen-bond acceptors (Lipinski definition) is 4. The quantitative estimate of drug-likeness (QED) is 0.824. The minimum Gasteiger partial charge on any atom is -0.497 e. The van der Waals surface area contributed by atoms with E-state index in [1.165, 1.54) is 5.56 Å². The Hall–Kier alpha value is -1.56. The van der Waals surface area contributed by atoms with Crippen LogP contribution in [0.5, 0.6) is 5.75 Å². The van der Waals surface area contributed by atoms with Crippen molar-refractivity contribution in [3.63, 3.8) is 0 Å². The van der Waals surface area contributed by atoms with Gasteiger partial charge in [0.1, 0.15) is 5.75 Å². The van der Waals surface area contributed by atoms with Crippen LogP contribution in [-0.2, 0) is 21.1 Å². The molecular weight excluding hydrogens is 314 g/mol. The van der Waals surface area contributed by atoms with E-state index in [9.17, 15) is 13.2 Å². The Bertz CT molecular complexity index is 624. The van der Waals surface area contributed by atoms with E-state index in [0.717, 1.165) is 18.6 Å². The molecule has 0 saturated carbocycles. The molecule has 1 aliphatic rings. The number of benzene rings is 1. The average Bonchev–Trinajstić information content (AvgIpc) is 2.84. The number of ether oxygens (including phenoxy) is 1. The van der Waals surface area contributed by atoms with E-state index in [-0.39, 0.29) is 29.4 Å². The summed E-state index contributed by atoms with van der Waals surface area (Å²) >= 11 is 0. The fourth-order valence-corrected chi connectivity index (χ4v) is 4.74. The van der Waals surface area contributed by atoms with Gasteiger partial charge in [0.25, 0.3) is 0 Å². The molecule has 0 spiro atoms. The van der Waals surface area contributed by atoms with E-state index >= 15 is 0 Å². The van der Waals surface area contributed by atoms with Crippen molar-refractivity contribution in [2.24, 2.45) is 5.92 Å². The molecule has 128 valence electrons. The van der Waals surface area contributed by atoms with Gasteiger partial charge in [-0.1, -0.05) is 12.1 Å². The molecule has 23 heavy (non-hydrogen) atoms. The van der Waals surface area contributed by atoms with Gasteiger partial charge in [-0.25, -0.2) is 8.42 Å². The molecule has 2 atom stereocenters. The molecule has 0 aliphatic carbocycles. The second-order valence-corrected chi connectivity index (χ2v) is 8.56. The highest BCUT2D eigenvalue weighted by Gasteiger charge is 2.29. The van der Waals surface area contributed by atoms with Crippen molar-refractivity contribution in [2.45, 2.75) is 38.6 Å². The van der Waals surface area contributed by atoms with E-state index in [1.807, 2.05) is 31.2 Å². The average molecular weight is 339 g/mol. The minimum absolute atomic E-state index is 0.0196. The molecule has 1 heterocycles. The highest BCUT2D eigenvalue weighted by atomic mass is 32.2. The first kappa shape index (κ1) is 17.8. The highest BCUT2D eigenvalue weighted by molar-refractivity contribution is 7.91. The van der Waals surface area contributed by atoms with Gasteiger partial charge in [0, 0.05) is 12.5 Å². The molecule has 2 rings (SSSR count). The van der Waals surface area contributed by atoms with Crippen LogP contribution >= 0.6 is 0 Å². The highest BCUT2D eigenvalue weighted by Crippen LogP contribution is 2.21. The molecule has 0 radical (unpaired) electrons. The monoisotopic (exact) mass is 339 g/mol. The first-order chi connectivity index (χ1) is 10.9. The molecule has 2 unspecified atom stereocenters. The maximum atomic E-state index is 12.0. The second kappa shape index (κ2) is 7.81. The number of rotatable bonds is 7. The van der Waals surface area contributed by atoms with E-state index in [4.69, 9.17) is 4.74 Å². The number of aryl methyl sites for hydroxylation is 1. The second-order valence-electron chi connectivity index (χ2n) is 6.33. The summed E-state index contributed by atoms with van der Waals surface area (Å²) < 4.78 is 27.9. The summed E-state index contributed by atoms with van der Waals surface area (Å²) in [4.78, 5) is 12.0. The smallest absolute Gasteiger partial charge is 0.220 e. The van der Waals surface area contributed by atoms with Crippen LogP contribution in [0.4, 0.5) is 0 Å². The maximum absolute atomic E-state index is 12.0. The summed E-state index contributed by atoms with van der Waals surface area (Å²) in [6.07, 6.45) is 2.65. The van der Waals surface area contributed by atoms with E-state index < -0.39 is 9.84 Å². The van der Waals surface area contributed by atoms with Crippen LogP contribution in [0.3, 0.4) is 0 Å². The van der Waals surface area contributed by atoms with Gasteiger partial charge < -0.3 is 10.1 Å². The summed E-state index contributed by atoms with van der Waals surface area (Å²) in [5, 5.41) is 2.97. The fraction of sp³-hybridized carbons (Fsp3) is 0.588. The zero-order valence-electron chi connectivity index (χ0n) is 13.7. The van der Waals surface area contributed by atoms with Gasteiger partial charge in [-0.2, -0.15) is 0 Å². The SMILES string of the molecule is COc1ccc(CCC(C)NC(=O)CC2CCS(=O)(=O)C2)cc1. The van der Waals surface area contributed by atoms with Crippen molar-refractivity contribution in [2.75, 3.05) is 18.6 Å². The first-order valence-electron chi connectivity index (χ1n) is 8.00. The number of nitrogens with one attached hydrogen (secondary N) is 1. The molecule has 1 aliphatic heterocycles. The maximum Gasteiger partial charge on any atom is 0.220 e. The topological polar surface area (TPSA) is 72.5 Å². The molecule has 1 saturated heterocycles. The Labute approximate surface area is 138 Å². The van der Waals surface area contributed by atoms with Crippen molar-refractivity contribution in [1.82, 2.24) is 5.32 Å². The van der Waals surface area contributed by atoms with Gasteiger partial charge in [-0.3, -0.25) is 4.79 Å². The van der Waals surface area contributed by atoms with Crippen molar-refractivity contribution >= 4 is 15.7 Å². The summed E-state index contributed by atoms with van der Waals surface area (Å²) in [7, 11) is -1.27. The van der Waals surface area contributed by atoms with Gasteiger partial charge in [0.05, 0.1) is 18.6 Å². The molecule has 1 N–H and O–H groups in total. The number of carbonyl (C=O) groups excluding carboxylic acids is 1. The summed E-state index contributed by atoms with van der Waals surface area (Å²) in [6, 6.07) is 7.98. The Morgan fingerprint density at radius 3 is 2.61 bits per heavy atom. The number of hydrogen-bond donors (Lipinski definition) is 1. The molecule has 1 aromatic carbocycles. The van der Waals surface area contributed by atoms with Crippen LogP contribution in [0.25, 0.3) is 0 Å². The predicted molar refractivity (Wildman–Crippen MR) is 90.3 cm³/mol. The van der Waals surface area contributed by atoms with Crippen LogP contribution in [0.15, 0.2) is 24.3 Å². The molecule has 0 bridgehead atoms. The van der Waals surface area contributed by atoms with Gasteiger partial charge in [-0.05, 0) is 49.8 Å². The van der Waals surface area contributed by atoms with Gasteiger partial charge in [-0.15, -0.1) is 0 Å². The summed E-state index contributed by atoms with van der Waals surface area (Å²) in [6.45, 7) is 1.98. The van der Waals surface area contributed by atoms with Crippen molar-refractivity contribution < 1.29 is 17.9 Å². The van der Waals surface area contributed by atoms with Crippen LogP contribution in [0.2, 0.25) is 0 Å². The number of methoxy groups -OCH3 is 1. The number of sulfone groups is 1. The van der Waals surface area contributed by atoms with E-state index in [0.29, 0.717) is 12.8 Å². The standard InChI is InChI=1S/C17H25NO4S/c1-13(3-4-14-5-7-16(22-2)8-6-14)18-17(19)11-15-9-10-23(20,21)12-15/h5-8,13,15H,3-4,9-12H2,1-2H3,(H,18,19). The zero-order chi connectivity index (χ0) is 16.9. The molecule has 1 amide bonds. The largest absolute Gasteiger partial charge is 0.497 e. The third kappa shape index (κ3) is 5.86. The predicted octanol–water partition coefficient (Wildman–Crippen LogP) is 1.96. The molecular formula is C17H25NO4S. The van der Waals surface area contributed by atoms with Crippen molar-refractivity contribution in [3.8, 4) is 5.75 Å². The Kier molecular flexibility index (Phi) is 6.04. The van der Waals surface area contributed by atoms with Gasteiger partial charge in [0.15, 0.2) is 9.84 Å². The lowest BCUT2D eigenvalue weighted by Gasteiger charge is -2.15. The summed E-state index contributed by atoms with van der Waals surface area (Å²) in [5.41, 5.74) is 1.20. The molecule has 1 aromatic rings. The van der Waals surface area contributed by atoms with E-state index in [1.54, 1.807) is 7.11 Å².